The number of oxazole rings is 1. The third-order valence-electron chi connectivity index (χ3n) is 4.07. The highest BCUT2D eigenvalue weighted by molar-refractivity contribution is 5.80. The van der Waals surface area contributed by atoms with Crippen LogP contribution in [0.3, 0.4) is 0 Å². The predicted octanol–water partition coefficient (Wildman–Crippen LogP) is 4.22. The number of nitrogens with zero attached hydrogens (tertiary/aromatic N) is 1. The van der Waals surface area contributed by atoms with Crippen LogP contribution in [-0.2, 0) is 13.2 Å². The number of ether oxygens (including phenoxy) is 1. The van der Waals surface area contributed by atoms with Crippen molar-refractivity contribution in [3.63, 3.8) is 0 Å². The zero-order valence-corrected chi connectivity index (χ0v) is 13.6. The van der Waals surface area contributed by atoms with Crippen LogP contribution in [0.15, 0.2) is 88.1 Å². The number of fused-ring (bicyclic) bond motifs is 1. The van der Waals surface area contributed by atoms with Crippen LogP contribution in [0.4, 0.5) is 0 Å². The van der Waals surface area contributed by atoms with E-state index < -0.39 is 0 Å². The second-order valence-electron chi connectivity index (χ2n) is 5.82. The van der Waals surface area contributed by atoms with Crippen molar-refractivity contribution in [3.05, 3.63) is 101 Å². The lowest BCUT2D eigenvalue weighted by Crippen LogP contribution is -2.15. The molecule has 3 aromatic carbocycles. The molecule has 0 bridgehead atoms. The van der Waals surface area contributed by atoms with Gasteiger partial charge in [-0.15, -0.1) is 0 Å². The Bertz CT molecular complexity index is 1030. The molecule has 4 nitrogen and oxygen atoms in total. The third-order valence-corrected chi connectivity index (χ3v) is 4.07. The Morgan fingerprint density at radius 1 is 0.800 bits per heavy atom. The van der Waals surface area contributed by atoms with Gasteiger partial charge in [-0.2, -0.15) is 0 Å². The summed E-state index contributed by atoms with van der Waals surface area (Å²) in [6.07, 6.45) is 0. The monoisotopic (exact) mass is 331 g/mol. The average Bonchev–Trinajstić information content (AvgIpc) is 2.98. The molecule has 0 saturated heterocycles. The second-order valence-corrected chi connectivity index (χ2v) is 5.82. The topological polar surface area (TPSA) is 44.4 Å². The van der Waals surface area contributed by atoms with Gasteiger partial charge in [0.25, 0.3) is 0 Å². The van der Waals surface area contributed by atoms with Crippen LogP contribution in [0.2, 0.25) is 0 Å². The molecule has 0 atom stereocenters. The summed E-state index contributed by atoms with van der Waals surface area (Å²) in [6.45, 7) is 0.878. The third kappa shape index (κ3) is 3.19. The summed E-state index contributed by atoms with van der Waals surface area (Å²) in [7, 11) is 0. The van der Waals surface area contributed by atoms with Crippen molar-refractivity contribution in [2.75, 3.05) is 0 Å². The van der Waals surface area contributed by atoms with Gasteiger partial charge in [-0.05, 0) is 23.3 Å². The van der Waals surface area contributed by atoms with E-state index in [1.807, 2.05) is 72.8 Å². The van der Waals surface area contributed by atoms with Gasteiger partial charge < -0.3 is 9.15 Å². The lowest BCUT2D eigenvalue weighted by molar-refractivity contribution is 0.308. The molecule has 4 heteroatoms. The number of hydrogen-bond acceptors (Lipinski definition) is 3. The Morgan fingerprint density at radius 3 is 2.20 bits per heavy atom. The van der Waals surface area contributed by atoms with Crippen LogP contribution >= 0.6 is 0 Å². The minimum atomic E-state index is -0.380. The van der Waals surface area contributed by atoms with Crippen LogP contribution < -0.4 is 10.5 Å². The summed E-state index contributed by atoms with van der Waals surface area (Å²) >= 11 is 0. The number of benzene rings is 3. The van der Waals surface area contributed by atoms with Crippen LogP contribution in [-0.4, -0.2) is 4.57 Å². The van der Waals surface area contributed by atoms with Gasteiger partial charge in [0.2, 0.25) is 0 Å². The van der Waals surface area contributed by atoms with Crippen LogP contribution in [0.1, 0.15) is 11.1 Å². The largest absolute Gasteiger partial charge is 0.487 e. The molecule has 0 amide bonds. The van der Waals surface area contributed by atoms with Gasteiger partial charge in [-0.25, -0.2) is 4.79 Å². The van der Waals surface area contributed by atoms with Crippen molar-refractivity contribution < 1.29 is 9.15 Å². The minimum absolute atomic E-state index is 0.380. The summed E-state index contributed by atoms with van der Waals surface area (Å²) < 4.78 is 13.0. The maximum Gasteiger partial charge on any atom is 0.420 e. The van der Waals surface area contributed by atoms with Gasteiger partial charge in [0.15, 0.2) is 5.58 Å². The van der Waals surface area contributed by atoms with E-state index in [1.54, 1.807) is 10.6 Å². The van der Waals surface area contributed by atoms with Gasteiger partial charge in [0, 0.05) is 0 Å². The van der Waals surface area contributed by atoms with E-state index >= 15 is 0 Å². The number of aromatic nitrogens is 1. The number of rotatable bonds is 5. The summed E-state index contributed by atoms with van der Waals surface area (Å²) in [6, 6.07) is 25.2. The van der Waals surface area contributed by atoms with Gasteiger partial charge in [0.05, 0.1) is 6.54 Å². The van der Waals surface area contributed by atoms with E-state index in [0.717, 1.165) is 11.1 Å². The van der Waals surface area contributed by atoms with Crippen LogP contribution in [0, 0.1) is 0 Å². The normalized spacial score (nSPS) is 10.9. The highest BCUT2D eigenvalue weighted by Crippen LogP contribution is 2.26. The highest BCUT2D eigenvalue weighted by Gasteiger charge is 2.14. The molecule has 0 saturated carbocycles. The second kappa shape index (κ2) is 6.69. The molecule has 0 fully saturated rings. The highest BCUT2D eigenvalue weighted by atomic mass is 16.5. The molecular formula is C21H17NO3. The molecule has 0 aliphatic rings. The molecule has 1 heterocycles. The molecular weight excluding hydrogens is 314 g/mol. The van der Waals surface area contributed by atoms with Crippen molar-refractivity contribution in [2.45, 2.75) is 13.2 Å². The molecule has 0 aliphatic carbocycles. The zero-order valence-electron chi connectivity index (χ0n) is 13.6. The van der Waals surface area contributed by atoms with E-state index in [9.17, 15) is 4.79 Å². The SMILES string of the molecule is O=c1oc2cccc(OCc3ccccc3)c2n1Cc1ccccc1. The molecule has 124 valence electrons. The Kier molecular flexibility index (Phi) is 4.09. The van der Waals surface area contributed by atoms with Crippen molar-refractivity contribution in [1.29, 1.82) is 0 Å². The van der Waals surface area contributed by atoms with E-state index in [0.29, 0.717) is 30.0 Å². The van der Waals surface area contributed by atoms with Crippen molar-refractivity contribution >= 4 is 11.1 Å². The fourth-order valence-electron chi connectivity index (χ4n) is 2.85. The number of para-hydroxylation sites is 1. The Balaban J connectivity index is 1.71. The molecule has 0 unspecified atom stereocenters. The first kappa shape index (κ1) is 15.3. The Morgan fingerprint density at radius 2 is 1.48 bits per heavy atom. The molecule has 0 aliphatic heterocycles. The van der Waals surface area contributed by atoms with Crippen LogP contribution in [0.25, 0.3) is 11.1 Å². The van der Waals surface area contributed by atoms with Crippen LogP contribution in [0.5, 0.6) is 5.75 Å². The molecule has 0 N–H and O–H groups in total. The summed E-state index contributed by atoms with van der Waals surface area (Å²) in [5, 5.41) is 0. The van der Waals surface area contributed by atoms with Gasteiger partial charge in [-0.1, -0.05) is 66.7 Å². The van der Waals surface area contributed by atoms with E-state index in [-0.39, 0.29) is 5.76 Å². The standard InChI is InChI=1S/C21H17NO3/c23-21-22(14-16-8-3-1-4-9-16)20-18(12-7-13-19(20)25-21)24-15-17-10-5-2-6-11-17/h1-13H,14-15H2. The molecule has 0 spiro atoms. The van der Waals surface area contributed by atoms with Gasteiger partial charge in [0.1, 0.15) is 17.9 Å². The van der Waals surface area contributed by atoms with Gasteiger partial charge in [-0.3, -0.25) is 4.57 Å². The molecule has 4 rings (SSSR count). The molecule has 0 radical (unpaired) electrons. The minimum Gasteiger partial charge on any atom is -0.487 e. The first-order chi connectivity index (χ1) is 12.3. The fourth-order valence-corrected chi connectivity index (χ4v) is 2.85. The quantitative estimate of drug-likeness (QED) is 0.550. The summed E-state index contributed by atoms with van der Waals surface area (Å²) in [5.74, 6) is 0.262. The molecule has 1 aromatic heterocycles. The van der Waals surface area contributed by atoms with Crippen molar-refractivity contribution in [1.82, 2.24) is 4.57 Å². The van der Waals surface area contributed by atoms with E-state index in [1.165, 1.54) is 0 Å². The van der Waals surface area contributed by atoms with Crippen molar-refractivity contribution in [3.8, 4) is 5.75 Å². The fraction of sp³-hybridized carbons (Fsp3) is 0.0952. The smallest absolute Gasteiger partial charge is 0.420 e. The maximum absolute atomic E-state index is 12.3. The van der Waals surface area contributed by atoms with Gasteiger partial charge >= 0.3 is 5.76 Å². The Labute approximate surface area is 144 Å². The first-order valence-corrected chi connectivity index (χ1v) is 8.14. The number of hydrogen-bond donors (Lipinski definition) is 0. The zero-order chi connectivity index (χ0) is 17.1. The first-order valence-electron chi connectivity index (χ1n) is 8.14. The lowest BCUT2D eigenvalue weighted by atomic mass is 10.2. The summed E-state index contributed by atoms with van der Waals surface area (Å²) in [5.41, 5.74) is 3.32. The van der Waals surface area contributed by atoms with E-state index in [4.69, 9.17) is 9.15 Å². The lowest BCUT2D eigenvalue weighted by Gasteiger charge is -2.09. The van der Waals surface area contributed by atoms with E-state index in [2.05, 4.69) is 0 Å². The van der Waals surface area contributed by atoms with Crippen molar-refractivity contribution in [2.24, 2.45) is 0 Å². The Hall–Kier alpha value is -3.27. The maximum atomic E-state index is 12.3. The summed E-state index contributed by atoms with van der Waals surface area (Å²) in [4.78, 5) is 12.3. The average molecular weight is 331 g/mol. The molecule has 25 heavy (non-hydrogen) atoms. The predicted molar refractivity (Wildman–Crippen MR) is 96.8 cm³/mol. The molecule has 4 aromatic rings.